The van der Waals surface area contributed by atoms with E-state index in [0.717, 1.165) is 16.9 Å². The molecule has 0 saturated heterocycles. The van der Waals surface area contributed by atoms with Crippen LogP contribution in [-0.4, -0.2) is 7.11 Å². The third kappa shape index (κ3) is 3.27. The molecule has 0 radical (unpaired) electrons. The monoisotopic (exact) mass is 275 g/mol. The fraction of sp³-hybridized carbons (Fsp3) is 0.250. The minimum Gasteiger partial charge on any atom is -0.496 e. The summed E-state index contributed by atoms with van der Waals surface area (Å²) in [4.78, 5) is 0. The van der Waals surface area contributed by atoms with Crippen molar-refractivity contribution in [1.82, 2.24) is 0 Å². The Balaban J connectivity index is 2.20. The molecular formula is C16H18FNO2. The van der Waals surface area contributed by atoms with Gasteiger partial charge in [0.2, 0.25) is 0 Å². The zero-order valence-electron chi connectivity index (χ0n) is 11.6. The van der Waals surface area contributed by atoms with E-state index >= 15 is 0 Å². The molecule has 106 valence electrons. The molecule has 2 aromatic rings. The molecule has 1 unspecified atom stereocenters. The standard InChI is InChI=1S/C16H18FNO2/c1-11(18)14-8-7-13(17)9-16(14)20-10-12-5-3-4-6-15(12)19-2/h3-9,11H,10,18H2,1-2H3. The normalized spacial score (nSPS) is 12.0. The number of nitrogens with two attached hydrogens (primary N) is 1. The average Bonchev–Trinajstić information content (AvgIpc) is 2.45. The van der Waals surface area contributed by atoms with E-state index < -0.39 is 0 Å². The average molecular weight is 275 g/mol. The Morgan fingerprint density at radius 1 is 1.15 bits per heavy atom. The Kier molecular flexibility index (Phi) is 4.58. The van der Waals surface area contributed by atoms with Gasteiger partial charge in [0.1, 0.15) is 23.9 Å². The number of methoxy groups -OCH3 is 1. The van der Waals surface area contributed by atoms with Crippen LogP contribution in [0, 0.1) is 5.82 Å². The molecular weight excluding hydrogens is 257 g/mol. The predicted octanol–water partition coefficient (Wildman–Crippen LogP) is 3.43. The first kappa shape index (κ1) is 14.3. The number of rotatable bonds is 5. The Morgan fingerprint density at radius 2 is 1.90 bits per heavy atom. The van der Waals surface area contributed by atoms with E-state index in [-0.39, 0.29) is 11.9 Å². The molecule has 2 rings (SSSR count). The van der Waals surface area contributed by atoms with E-state index in [1.54, 1.807) is 13.2 Å². The van der Waals surface area contributed by atoms with Gasteiger partial charge >= 0.3 is 0 Å². The van der Waals surface area contributed by atoms with Gasteiger partial charge in [0.15, 0.2) is 0 Å². The van der Waals surface area contributed by atoms with Crippen LogP contribution in [0.5, 0.6) is 11.5 Å². The van der Waals surface area contributed by atoms with Gasteiger partial charge in [0, 0.05) is 23.2 Å². The number of hydrogen-bond donors (Lipinski definition) is 1. The molecule has 20 heavy (non-hydrogen) atoms. The van der Waals surface area contributed by atoms with Crippen LogP contribution in [0.15, 0.2) is 42.5 Å². The smallest absolute Gasteiger partial charge is 0.127 e. The molecule has 0 aliphatic carbocycles. The summed E-state index contributed by atoms with van der Waals surface area (Å²) in [6.07, 6.45) is 0. The molecule has 4 heteroatoms. The number of para-hydroxylation sites is 1. The van der Waals surface area contributed by atoms with Gasteiger partial charge in [0.25, 0.3) is 0 Å². The quantitative estimate of drug-likeness (QED) is 0.909. The molecule has 0 spiro atoms. The van der Waals surface area contributed by atoms with Crippen molar-refractivity contribution in [2.45, 2.75) is 19.6 Å². The van der Waals surface area contributed by atoms with Gasteiger partial charge in [-0.3, -0.25) is 0 Å². The summed E-state index contributed by atoms with van der Waals surface area (Å²) >= 11 is 0. The van der Waals surface area contributed by atoms with Crippen molar-refractivity contribution in [2.75, 3.05) is 7.11 Å². The second-order valence-electron chi connectivity index (χ2n) is 4.57. The zero-order chi connectivity index (χ0) is 14.5. The molecule has 0 fully saturated rings. The Bertz CT molecular complexity index is 584. The maximum Gasteiger partial charge on any atom is 0.127 e. The third-order valence-electron chi connectivity index (χ3n) is 3.04. The van der Waals surface area contributed by atoms with E-state index in [4.69, 9.17) is 15.2 Å². The first-order valence-corrected chi connectivity index (χ1v) is 6.41. The van der Waals surface area contributed by atoms with Gasteiger partial charge in [-0.1, -0.05) is 24.3 Å². The summed E-state index contributed by atoms with van der Waals surface area (Å²) in [7, 11) is 1.61. The minimum atomic E-state index is -0.343. The second-order valence-corrected chi connectivity index (χ2v) is 4.57. The van der Waals surface area contributed by atoms with Gasteiger partial charge in [-0.25, -0.2) is 4.39 Å². The van der Waals surface area contributed by atoms with Crippen LogP contribution in [0.25, 0.3) is 0 Å². The van der Waals surface area contributed by atoms with Crippen LogP contribution in [-0.2, 0) is 6.61 Å². The maximum absolute atomic E-state index is 13.3. The Labute approximate surface area is 118 Å². The van der Waals surface area contributed by atoms with Crippen LogP contribution in [0.1, 0.15) is 24.1 Å². The van der Waals surface area contributed by atoms with Crippen LogP contribution in [0.2, 0.25) is 0 Å². The van der Waals surface area contributed by atoms with E-state index in [2.05, 4.69) is 0 Å². The maximum atomic E-state index is 13.3. The van der Waals surface area contributed by atoms with Gasteiger partial charge in [-0.15, -0.1) is 0 Å². The molecule has 0 saturated carbocycles. The molecule has 1 atom stereocenters. The lowest BCUT2D eigenvalue weighted by Gasteiger charge is -2.15. The molecule has 0 aliphatic heterocycles. The minimum absolute atomic E-state index is 0.219. The molecule has 2 aromatic carbocycles. The van der Waals surface area contributed by atoms with E-state index in [9.17, 15) is 4.39 Å². The van der Waals surface area contributed by atoms with Gasteiger partial charge in [-0.05, 0) is 19.1 Å². The summed E-state index contributed by atoms with van der Waals surface area (Å²) in [6, 6.07) is 11.7. The first-order valence-electron chi connectivity index (χ1n) is 6.41. The topological polar surface area (TPSA) is 44.5 Å². The van der Waals surface area contributed by atoms with E-state index in [1.807, 2.05) is 31.2 Å². The SMILES string of the molecule is COc1ccccc1COc1cc(F)ccc1C(C)N. The summed E-state index contributed by atoms with van der Waals surface area (Å²) in [5.74, 6) is 0.863. The lowest BCUT2D eigenvalue weighted by molar-refractivity contribution is 0.291. The Morgan fingerprint density at radius 3 is 2.60 bits per heavy atom. The third-order valence-corrected chi connectivity index (χ3v) is 3.04. The molecule has 2 N–H and O–H groups in total. The molecule has 0 aromatic heterocycles. The predicted molar refractivity (Wildman–Crippen MR) is 76.3 cm³/mol. The highest BCUT2D eigenvalue weighted by Gasteiger charge is 2.10. The number of halogens is 1. The van der Waals surface area contributed by atoms with Gasteiger partial charge in [0.05, 0.1) is 7.11 Å². The molecule has 0 bridgehead atoms. The molecule has 0 aliphatic rings. The van der Waals surface area contributed by atoms with Crippen molar-refractivity contribution in [2.24, 2.45) is 5.73 Å². The number of ether oxygens (including phenoxy) is 2. The lowest BCUT2D eigenvalue weighted by atomic mass is 10.1. The molecule has 3 nitrogen and oxygen atoms in total. The van der Waals surface area contributed by atoms with Crippen molar-refractivity contribution in [3.05, 3.63) is 59.4 Å². The van der Waals surface area contributed by atoms with Crippen molar-refractivity contribution in [3.63, 3.8) is 0 Å². The number of hydrogen-bond acceptors (Lipinski definition) is 3. The summed E-state index contributed by atoms with van der Waals surface area (Å²) < 4.78 is 24.3. The Hall–Kier alpha value is -2.07. The lowest BCUT2D eigenvalue weighted by Crippen LogP contribution is -2.08. The second kappa shape index (κ2) is 6.39. The fourth-order valence-electron chi connectivity index (χ4n) is 1.99. The first-order chi connectivity index (χ1) is 9.61. The largest absolute Gasteiger partial charge is 0.496 e. The highest BCUT2D eigenvalue weighted by molar-refractivity contribution is 5.37. The highest BCUT2D eigenvalue weighted by Crippen LogP contribution is 2.27. The van der Waals surface area contributed by atoms with E-state index in [0.29, 0.717) is 12.4 Å². The summed E-state index contributed by atoms with van der Waals surface area (Å²) in [5.41, 5.74) is 7.54. The van der Waals surface area contributed by atoms with E-state index in [1.165, 1.54) is 12.1 Å². The van der Waals surface area contributed by atoms with Crippen molar-refractivity contribution < 1.29 is 13.9 Å². The molecule has 0 heterocycles. The summed E-state index contributed by atoms with van der Waals surface area (Å²) in [6.45, 7) is 2.14. The van der Waals surface area contributed by atoms with Crippen LogP contribution >= 0.6 is 0 Å². The van der Waals surface area contributed by atoms with Crippen LogP contribution < -0.4 is 15.2 Å². The van der Waals surface area contributed by atoms with Crippen LogP contribution in [0.4, 0.5) is 4.39 Å². The van der Waals surface area contributed by atoms with Gasteiger partial charge < -0.3 is 15.2 Å². The zero-order valence-corrected chi connectivity index (χ0v) is 11.6. The number of benzene rings is 2. The fourth-order valence-corrected chi connectivity index (χ4v) is 1.99. The summed E-state index contributed by atoms with van der Waals surface area (Å²) in [5, 5.41) is 0. The highest BCUT2D eigenvalue weighted by atomic mass is 19.1. The molecule has 0 amide bonds. The van der Waals surface area contributed by atoms with Crippen molar-refractivity contribution >= 4 is 0 Å². The van der Waals surface area contributed by atoms with Crippen LogP contribution in [0.3, 0.4) is 0 Å². The van der Waals surface area contributed by atoms with Gasteiger partial charge in [-0.2, -0.15) is 0 Å². The van der Waals surface area contributed by atoms with Crippen molar-refractivity contribution in [1.29, 1.82) is 0 Å². The van der Waals surface area contributed by atoms with Crippen molar-refractivity contribution in [3.8, 4) is 11.5 Å².